The summed E-state index contributed by atoms with van der Waals surface area (Å²) >= 11 is 4.94. The van der Waals surface area contributed by atoms with Crippen LogP contribution in [0.4, 0.5) is 0 Å². The maximum Gasteiger partial charge on any atom is 0.446 e. The maximum absolute atomic E-state index is 12.1. The molecule has 1 atom stereocenters. The molecule has 0 unspecified atom stereocenters. The zero-order valence-electron chi connectivity index (χ0n) is 14.1. The SMILES string of the molecule is CCC/C=C/CO[C@]1(c2ccc(Br)cc2)SC=C(C)n2c1noc2=O. The standard InChI is InChI=1S/C18H19BrN2O3S/c1-3-4-5-6-11-23-18(14-7-9-15(19)10-8-14)16-20-24-17(22)21(16)13(2)12-25-18/h5-10,12H,3-4,11H2,1-2H3/b6-5+/t18-/m1/s1. The van der Waals surface area contributed by atoms with E-state index in [1.165, 1.54) is 16.3 Å². The number of hydrogen-bond donors (Lipinski definition) is 0. The number of allylic oxidation sites excluding steroid dienone is 2. The van der Waals surface area contributed by atoms with Crippen molar-refractivity contribution in [3.63, 3.8) is 0 Å². The molecule has 1 aliphatic rings. The second-order valence-corrected chi connectivity index (χ2v) is 7.64. The molecule has 0 bridgehead atoms. The lowest BCUT2D eigenvalue weighted by Crippen LogP contribution is -2.35. The summed E-state index contributed by atoms with van der Waals surface area (Å²) in [6.07, 6.45) is 6.20. The second kappa shape index (κ2) is 7.76. The molecule has 25 heavy (non-hydrogen) atoms. The van der Waals surface area contributed by atoms with E-state index in [-0.39, 0.29) is 0 Å². The minimum atomic E-state index is -0.928. The summed E-state index contributed by atoms with van der Waals surface area (Å²) in [7, 11) is 0. The van der Waals surface area contributed by atoms with Crippen LogP contribution >= 0.6 is 27.7 Å². The van der Waals surface area contributed by atoms with Gasteiger partial charge in [0.2, 0.25) is 10.8 Å². The van der Waals surface area contributed by atoms with Crippen LogP contribution in [0.25, 0.3) is 5.70 Å². The number of nitrogens with zero attached hydrogens (tertiary/aromatic N) is 2. The number of fused-ring (bicyclic) bond motifs is 1. The van der Waals surface area contributed by atoms with E-state index >= 15 is 0 Å². The van der Waals surface area contributed by atoms with Crippen LogP contribution in [-0.4, -0.2) is 16.3 Å². The molecular formula is C18H19BrN2O3S. The van der Waals surface area contributed by atoms with E-state index in [0.29, 0.717) is 12.4 Å². The van der Waals surface area contributed by atoms with Gasteiger partial charge in [0.25, 0.3) is 0 Å². The van der Waals surface area contributed by atoms with Crippen molar-refractivity contribution in [1.29, 1.82) is 0 Å². The van der Waals surface area contributed by atoms with E-state index < -0.39 is 10.7 Å². The molecule has 7 heteroatoms. The molecule has 1 aromatic heterocycles. The van der Waals surface area contributed by atoms with Crippen LogP contribution in [0.3, 0.4) is 0 Å². The second-order valence-electron chi connectivity index (χ2n) is 5.68. The molecule has 0 amide bonds. The van der Waals surface area contributed by atoms with Crippen molar-refractivity contribution >= 4 is 33.4 Å². The number of benzene rings is 1. The zero-order valence-corrected chi connectivity index (χ0v) is 16.5. The Bertz CT molecular complexity index is 854. The topological polar surface area (TPSA) is 57.3 Å². The monoisotopic (exact) mass is 422 g/mol. The van der Waals surface area contributed by atoms with Crippen molar-refractivity contribution in [2.75, 3.05) is 6.61 Å². The van der Waals surface area contributed by atoms with Gasteiger partial charge >= 0.3 is 5.76 Å². The van der Waals surface area contributed by atoms with E-state index in [1.54, 1.807) is 0 Å². The number of rotatable bonds is 6. The number of halogens is 1. The molecule has 0 saturated heterocycles. The van der Waals surface area contributed by atoms with E-state index in [9.17, 15) is 4.79 Å². The average Bonchev–Trinajstić information content (AvgIpc) is 3.01. The Balaban J connectivity index is 2.04. The van der Waals surface area contributed by atoms with Crippen molar-refractivity contribution in [2.24, 2.45) is 0 Å². The first-order valence-electron chi connectivity index (χ1n) is 8.07. The molecule has 0 fully saturated rings. The van der Waals surface area contributed by atoms with Gasteiger partial charge in [0.1, 0.15) is 0 Å². The molecule has 2 aromatic rings. The summed E-state index contributed by atoms with van der Waals surface area (Å²) in [5, 5.41) is 5.93. The molecular weight excluding hydrogens is 404 g/mol. The molecule has 1 aromatic carbocycles. The smallest absolute Gasteiger partial charge is 0.348 e. The Morgan fingerprint density at radius 1 is 1.36 bits per heavy atom. The van der Waals surface area contributed by atoms with Crippen LogP contribution < -0.4 is 5.76 Å². The van der Waals surface area contributed by atoms with E-state index in [1.807, 2.05) is 42.7 Å². The third kappa shape index (κ3) is 3.54. The first-order chi connectivity index (χ1) is 12.1. The normalized spacial score (nSPS) is 19.9. The molecule has 0 spiro atoms. The molecule has 0 radical (unpaired) electrons. The van der Waals surface area contributed by atoms with Gasteiger partial charge < -0.3 is 4.74 Å². The highest BCUT2D eigenvalue weighted by Crippen LogP contribution is 2.47. The number of ether oxygens (including phenoxy) is 1. The van der Waals surface area contributed by atoms with Crippen LogP contribution in [0.15, 0.2) is 55.6 Å². The van der Waals surface area contributed by atoms with Gasteiger partial charge in [0.15, 0.2) is 0 Å². The van der Waals surface area contributed by atoms with Crippen molar-refractivity contribution in [3.8, 4) is 0 Å². The Kier molecular flexibility index (Phi) is 5.66. The third-order valence-corrected chi connectivity index (χ3v) is 5.73. The van der Waals surface area contributed by atoms with Gasteiger partial charge in [-0.3, -0.25) is 4.52 Å². The van der Waals surface area contributed by atoms with Crippen molar-refractivity contribution in [3.05, 3.63) is 68.2 Å². The lowest BCUT2D eigenvalue weighted by Gasteiger charge is -2.33. The maximum atomic E-state index is 12.1. The highest BCUT2D eigenvalue weighted by molar-refractivity contribution is 9.10. The fourth-order valence-electron chi connectivity index (χ4n) is 2.61. The first-order valence-corrected chi connectivity index (χ1v) is 9.75. The quantitative estimate of drug-likeness (QED) is 0.629. The predicted octanol–water partition coefficient (Wildman–Crippen LogP) is 4.74. The lowest BCUT2D eigenvalue weighted by atomic mass is 10.1. The van der Waals surface area contributed by atoms with Gasteiger partial charge in [0, 0.05) is 15.7 Å². The lowest BCUT2D eigenvalue weighted by molar-refractivity contribution is 0.0642. The summed E-state index contributed by atoms with van der Waals surface area (Å²) < 4.78 is 13.6. The Morgan fingerprint density at radius 2 is 2.12 bits per heavy atom. The van der Waals surface area contributed by atoms with E-state index in [2.05, 4.69) is 34.1 Å². The molecule has 0 saturated carbocycles. The molecule has 0 N–H and O–H groups in total. The fraction of sp³-hybridized carbons (Fsp3) is 0.333. The summed E-state index contributed by atoms with van der Waals surface area (Å²) in [5.41, 5.74) is 1.67. The van der Waals surface area contributed by atoms with Crippen LogP contribution in [0.1, 0.15) is 38.1 Å². The molecule has 2 heterocycles. The largest absolute Gasteiger partial charge is 0.446 e. The number of thioether (sulfide) groups is 1. The van der Waals surface area contributed by atoms with Gasteiger partial charge in [-0.05, 0) is 30.9 Å². The molecule has 1 aliphatic heterocycles. The average molecular weight is 423 g/mol. The van der Waals surface area contributed by atoms with Crippen LogP contribution in [0, 0.1) is 0 Å². The first kappa shape index (κ1) is 18.2. The minimum Gasteiger partial charge on any atom is -0.348 e. The molecule has 0 aliphatic carbocycles. The van der Waals surface area contributed by atoms with E-state index in [0.717, 1.165) is 28.6 Å². The summed E-state index contributed by atoms with van der Waals surface area (Å²) in [6, 6.07) is 7.82. The Labute approximate surface area is 158 Å². The number of hydrogen-bond acceptors (Lipinski definition) is 5. The van der Waals surface area contributed by atoms with Crippen molar-refractivity contribution < 1.29 is 9.26 Å². The van der Waals surface area contributed by atoms with Crippen LogP contribution in [-0.2, 0) is 9.67 Å². The van der Waals surface area contributed by atoms with Crippen molar-refractivity contribution in [1.82, 2.24) is 9.72 Å². The van der Waals surface area contributed by atoms with Gasteiger partial charge in [0.05, 0.1) is 6.61 Å². The summed E-state index contributed by atoms with van der Waals surface area (Å²) in [6.45, 7) is 4.39. The number of aromatic nitrogens is 2. The Morgan fingerprint density at radius 3 is 2.84 bits per heavy atom. The zero-order chi connectivity index (χ0) is 17.9. The van der Waals surface area contributed by atoms with Crippen LogP contribution in [0.5, 0.6) is 0 Å². The fourth-order valence-corrected chi connectivity index (χ4v) is 3.96. The van der Waals surface area contributed by atoms with Gasteiger partial charge in [-0.2, -0.15) is 0 Å². The molecule has 5 nitrogen and oxygen atoms in total. The van der Waals surface area contributed by atoms with E-state index in [4.69, 9.17) is 9.26 Å². The molecule has 132 valence electrons. The summed E-state index contributed by atoms with van der Waals surface area (Å²) in [5.74, 6) is -0.0515. The summed E-state index contributed by atoms with van der Waals surface area (Å²) in [4.78, 5) is 11.1. The third-order valence-electron chi connectivity index (χ3n) is 3.88. The van der Waals surface area contributed by atoms with Crippen molar-refractivity contribution in [2.45, 2.75) is 31.6 Å². The number of unbranched alkanes of at least 4 members (excludes halogenated alkanes) is 1. The van der Waals surface area contributed by atoms with Gasteiger partial charge in [-0.15, -0.1) is 0 Å². The van der Waals surface area contributed by atoms with Gasteiger partial charge in [-0.25, -0.2) is 9.36 Å². The molecule has 3 rings (SSSR count). The minimum absolute atomic E-state index is 0.414. The van der Waals surface area contributed by atoms with Gasteiger partial charge in [-0.1, -0.05) is 70.5 Å². The Hall–Kier alpha value is -1.57. The highest BCUT2D eigenvalue weighted by Gasteiger charge is 2.44. The predicted molar refractivity (Wildman–Crippen MR) is 103 cm³/mol. The van der Waals surface area contributed by atoms with Crippen LogP contribution in [0.2, 0.25) is 0 Å². The highest BCUT2D eigenvalue weighted by atomic mass is 79.9.